The molecule has 1 atom stereocenters. The van der Waals surface area contributed by atoms with Crippen LogP contribution in [0.4, 0.5) is 0 Å². The average molecular weight is 272 g/mol. The molecular weight excluding hydrogens is 252 g/mol. The van der Waals surface area contributed by atoms with Gasteiger partial charge < -0.3 is 14.0 Å². The number of aromatic nitrogens is 1. The summed E-state index contributed by atoms with van der Waals surface area (Å²) in [5.74, 6) is 1.77. The fourth-order valence-corrected chi connectivity index (χ4v) is 3.38. The van der Waals surface area contributed by atoms with Gasteiger partial charge in [0.15, 0.2) is 11.5 Å². The molecule has 1 unspecified atom stereocenters. The van der Waals surface area contributed by atoms with Gasteiger partial charge in [-0.05, 0) is 51.1 Å². The molecule has 0 N–H and O–H groups in total. The first-order valence-corrected chi connectivity index (χ1v) is 7.44. The van der Waals surface area contributed by atoms with Crippen LogP contribution in [0, 0.1) is 0 Å². The lowest BCUT2D eigenvalue weighted by molar-refractivity contribution is 0.174. The van der Waals surface area contributed by atoms with E-state index in [0.29, 0.717) is 12.8 Å². The summed E-state index contributed by atoms with van der Waals surface area (Å²) in [6, 6.07) is 6.83. The monoisotopic (exact) mass is 272 g/mol. The van der Waals surface area contributed by atoms with Gasteiger partial charge in [-0.2, -0.15) is 0 Å². The van der Waals surface area contributed by atoms with Crippen molar-refractivity contribution in [3.63, 3.8) is 0 Å². The van der Waals surface area contributed by atoms with E-state index in [0.717, 1.165) is 18.0 Å². The smallest absolute Gasteiger partial charge is 0.231 e. The maximum atomic E-state index is 5.66. The van der Waals surface area contributed by atoms with Crippen molar-refractivity contribution in [3.8, 4) is 11.5 Å². The van der Waals surface area contributed by atoms with Crippen molar-refractivity contribution in [1.82, 2.24) is 9.47 Å². The Morgan fingerprint density at radius 2 is 2.00 bits per heavy atom. The van der Waals surface area contributed by atoms with E-state index in [1.54, 1.807) is 0 Å². The Kier molecular flexibility index (Phi) is 2.84. The zero-order valence-corrected chi connectivity index (χ0v) is 11.8. The first-order valence-electron chi connectivity index (χ1n) is 7.44. The molecule has 1 aromatic carbocycles. The topological polar surface area (TPSA) is 26.6 Å². The summed E-state index contributed by atoms with van der Waals surface area (Å²) in [4.78, 5) is 2.58. The molecule has 4 nitrogen and oxygen atoms in total. The number of nitrogens with zero attached hydrogens (tertiary/aromatic N) is 2. The third-order valence-corrected chi connectivity index (χ3v) is 4.49. The maximum Gasteiger partial charge on any atom is 0.231 e. The molecule has 2 aliphatic heterocycles. The van der Waals surface area contributed by atoms with Gasteiger partial charge in [0.05, 0.1) is 5.52 Å². The molecule has 106 valence electrons. The van der Waals surface area contributed by atoms with Gasteiger partial charge in [-0.25, -0.2) is 0 Å². The quantitative estimate of drug-likeness (QED) is 0.859. The molecule has 2 aliphatic rings. The van der Waals surface area contributed by atoms with Gasteiger partial charge in [0.25, 0.3) is 0 Å². The Morgan fingerprint density at radius 1 is 1.15 bits per heavy atom. The summed E-state index contributed by atoms with van der Waals surface area (Å²) in [7, 11) is 0. The van der Waals surface area contributed by atoms with Gasteiger partial charge in [-0.1, -0.05) is 0 Å². The Bertz CT molecular complexity index is 629. The molecule has 1 fully saturated rings. The second kappa shape index (κ2) is 4.70. The van der Waals surface area contributed by atoms with E-state index < -0.39 is 0 Å². The summed E-state index contributed by atoms with van der Waals surface area (Å²) < 4.78 is 13.5. The van der Waals surface area contributed by atoms with Gasteiger partial charge in [0.1, 0.15) is 0 Å². The Hall–Kier alpha value is -1.68. The van der Waals surface area contributed by atoms with Crippen molar-refractivity contribution >= 4 is 10.9 Å². The van der Waals surface area contributed by atoms with Crippen LogP contribution in [-0.4, -0.2) is 35.4 Å². The van der Waals surface area contributed by atoms with Crippen LogP contribution in [-0.2, 0) is 6.54 Å². The number of likely N-dealkylation sites (tertiary alicyclic amines) is 1. The molecule has 1 saturated heterocycles. The largest absolute Gasteiger partial charge is 0.454 e. The number of ether oxygens (including phenoxy) is 2. The molecule has 0 aliphatic carbocycles. The fourth-order valence-electron chi connectivity index (χ4n) is 3.38. The lowest BCUT2D eigenvalue weighted by Gasteiger charge is -2.24. The SMILES string of the molecule is CC(Cn1ccc2ccc3c(c21)OCO3)N1CCCC1. The van der Waals surface area contributed by atoms with E-state index in [1.807, 2.05) is 6.07 Å². The second-order valence-electron chi connectivity index (χ2n) is 5.80. The highest BCUT2D eigenvalue weighted by atomic mass is 16.7. The fraction of sp³-hybridized carbons (Fsp3) is 0.500. The lowest BCUT2D eigenvalue weighted by Crippen LogP contribution is -2.33. The molecule has 4 rings (SSSR count). The molecule has 20 heavy (non-hydrogen) atoms. The van der Waals surface area contributed by atoms with Gasteiger partial charge >= 0.3 is 0 Å². The normalized spacial score (nSPS) is 19.9. The van der Waals surface area contributed by atoms with Crippen molar-refractivity contribution in [2.75, 3.05) is 19.9 Å². The summed E-state index contributed by atoms with van der Waals surface area (Å²) >= 11 is 0. The minimum absolute atomic E-state index is 0.335. The molecule has 0 saturated carbocycles. The molecule has 3 heterocycles. The summed E-state index contributed by atoms with van der Waals surface area (Å²) in [5.41, 5.74) is 1.17. The average Bonchev–Trinajstić information content (AvgIpc) is 3.18. The zero-order valence-electron chi connectivity index (χ0n) is 11.8. The minimum atomic E-state index is 0.335. The van der Waals surface area contributed by atoms with Crippen LogP contribution in [0.1, 0.15) is 19.8 Å². The van der Waals surface area contributed by atoms with E-state index in [9.17, 15) is 0 Å². The zero-order chi connectivity index (χ0) is 13.5. The number of hydrogen-bond donors (Lipinski definition) is 0. The van der Waals surface area contributed by atoms with E-state index in [2.05, 4.69) is 34.7 Å². The van der Waals surface area contributed by atoms with Crippen LogP contribution in [0.3, 0.4) is 0 Å². The van der Waals surface area contributed by atoms with Crippen molar-refractivity contribution < 1.29 is 9.47 Å². The Labute approximate surface area is 118 Å². The second-order valence-corrected chi connectivity index (χ2v) is 5.80. The molecule has 4 heteroatoms. The van der Waals surface area contributed by atoms with E-state index in [4.69, 9.17) is 9.47 Å². The van der Waals surface area contributed by atoms with Crippen molar-refractivity contribution in [2.24, 2.45) is 0 Å². The van der Waals surface area contributed by atoms with Crippen molar-refractivity contribution in [1.29, 1.82) is 0 Å². The van der Waals surface area contributed by atoms with E-state index in [-0.39, 0.29) is 0 Å². The predicted octanol–water partition coefficient (Wildman–Crippen LogP) is 2.85. The molecule has 0 radical (unpaired) electrons. The highest BCUT2D eigenvalue weighted by molar-refractivity contribution is 5.89. The molecule has 0 amide bonds. The van der Waals surface area contributed by atoms with E-state index in [1.165, 1.54) is 36.8 Å². The van der Waals surface area contributed by atoms with Gasteiger partial charge in [-0.3, -0.25) is 4.90 Å². The molecule has 1 aromatic heterocycles. The first kappa shape index (κ1) is 12.1. The highest BCUT2D eigenvalue weighted by Gasteiger charge is 2.22. The van der Waals surface area contributed by atoms with Crippen LogP contribution in [0.25, 0.3) is 10.9 Å². The maximum absolute atomic E-state index is 5.66. The summed E-state index contributed by atoms with van der Waals surface area (Å²) in [5, 5.41) is 1.22. The van der Waals surface area contributed by atoms with Gasteiger partial charge in [0, 0.05) is 24.2 Å². The predicted molar refractivity (Wildman–Crippen MR) is 78.3 cm³/mol. The van der Waals surface area contributed by atoms with E-state index >= 15 is 0 Å². The van der Waals surface area contributed by atoms with Crippen LogP contribution >= 0.6 is 0 Å². The highest BCUT2D eigenvalue weighted by Crippen LogP contribution is 2.39. The minimum Gasteiger partial charge on any atom is -0.454 e. The van der Waals surface area contributed by atoms with Crippen molar-refractivity contribution in [3.05, 3.63) is 24.4 Å². The standard InChI is InChI=1S/C16H20N2O2/c1-12(17-7-2-3-8-17)10-18-9-6-13-4-5-14-16(15(13)18)20-11-19-14/h4-6,9,12H,2-3,7-8,10-11H2,1H3. The Balaban J connectivity index is 1.68. The summed E-state index contributed by atoms with van der Waals surface area (Å²) in [6.45, 7) is 6.12. The Morgan fingerprint density at radius 3 is 2.85 bits per heavy atom. The first-order chi connectivity index (χ1) is 9.83. The number of rotatable bonds is 3. The molecule has 0 bridgehead atoms. The number of fused-ring (bicyclic) bond motifs is 3. The molecule has 0 spiro atoms. The summed E-state index contributed by atoms with van der Waals surface area (Å²) in [6.07, 6.45) is 4.84. The lowest BCUT2D eigenvalue weighted by atomic mass is 10.2. The van der Waals surface area contributed by atoms with Gasteiger partial charge in [0.2, 0.25) is 6.79 Å². The molecule has 2 aromatic rings. The van der Waals surface area contributed by atoms with Gasteiger partial charge in [-0.15, -0.1) is 0 Å². The third kappa shape index (κ3) is 1.86. The van der Waals surface area contributed by atoms with Crippen LogP contribution in [0.5, 0.6) is 11.5 Å². The van der Waals surface area contributed by atoms with Crippen LogP contribution < -0.4 is 9.47 Å². The van der Waals surface area contributed by atoms with Crippen molar-refractivity contribution in [2.45, 2.75) is 32.4 Å². The van der Waals surface area contributed by atoms with Crippen LogP contribution in [0.2, 0.25) is 0 Å². The number of hydrogen-bond acceptors (Lipinski definition) is 3. The number of benzene rings is 1. The van der Waals surface area contributed by atoms with Crippen LogP contribution in [0.15, 0.2) is 24.4 Å². The third-order valence-electron chi connectivity index (χ3n) is 4.49. The molecular formula is C16H20N2O2.